The van der Waals surface area contributed by atoms with E-state index in [1.54, 1.807) is 0 Å². The smallest absolute Gasteiger partial charge is 0.125 e. The largest absolute Gasteiger partial charge is 0.236 e. The van der Waals surface area contributed by atoms with E-state index >= 15 is 0 Å². The summed E-state index contributed by atoms with van der Waals surface area (Å²) in [5, 5.41) is 2.79. The molecule has 0 radical (unpaired) electrons. The number of hydrogen-bond donors (Lipinski definition) is 0. The zero-order valence-corrected chi connectivity index (χ0v) is 14.1. The van der Waals surface area contributed by atoms with Crippen LogP contribution in [0.3, 0.4) is 0 Å². The van der Waals surface area contributed by atoms with E-state index in [9.17, 15) is 4.39 Å². The van der Waals surface area contributed by atoms with E-state index in [-0.39, 0.29) is 5.82 Å². The van der Waals surface area contributed by atoms with Gasteiger partial charge in [-0.1, -0.05) is 44.0 Å². The number of benzene rings is 2. The van der Waals surface area contributed by atoms with E-state index in [2.05, 4.69) is 36.8 Å². The van der Waals surface area contributed by atoms with Crippen molar-refractivity contribution in [3.63, 3.8) is 0 Å². The molecule has 1 aromatic heterocycles. The summed E-state index contributed by atoms with van der Waals surface area (Å²) in [7, 11) is 0. The van der Waals surface area contributed by atoms with Crippen molar-refractivity contribution >= 4 is 43.2 Å². The molecule has 0 atom stereocenters. The minimum atomic E-state index is -0.269. The third kappa shape index (κ3) is 3.00. The molecular formula is C15H8Br2FNS. The average Bonchev–Trinajstić information content (AvgIpc) is 2.88. The Hall–Kier alpha value is -1.04. The van der Waals surface area contributed by atoms with E-state index in [1.807, 2.05) is 35.7 Å². The first-order valence-corrected chi connectivity index (χ1v) is 8.26. The second kappa shape index (κ2) is 5.76. The minimum absolute atomic E-state index is 0.269. The fourth-order valence-corrected chi connectivity index (χ4v) is 3.38. The molecule has 0 N–H and O–H groups in total. The Morgan fingerprint density at radius 2 is 1.65 bits per heavy atom. The summed E-state index contributed by atoms with van der Waals surface area (Å²) in [5.74, 6) is -0.269. The molecule has 1 heterocycles. The molecule has 5 heteroatoms. The summed E-state index contributed by atoms with van der Waals surface area (Å²) in [6.07, 6.45) is 0. The maximum absolute atomic E-state index is 13.4. The molecule has 3 aromatic rings. The Kier molecular flexibility index (Phi) is 4.01. The average molecular weight is 413 g/mol. The van der Waals surface area contributed by atoms with Gasteiger partial charge in [0.15, 0.2) is 0 Å². The molecule has 0 unspecified atom stereocenters. The van der Waals surface area contributed by atoms with Gasteiger partial charge in [0, 0.05) is 25.5 Å². The SMILES string of the molecule is Fc1cc(Br)cc(-c2nc(-c3ccc(Br)cc3)cs2)c1. The summed E-state index contributed by atoms with van der Waals surface area (Å²) < 4.78 is 15.2. The predicted octanol–water partition coefficient (Wildman–Crippen LogP) is 6.14. The molecule has 1 nitrogen and oxygen atoms in total. The molecule has 0 saturated carbocycles. The molecule has 100 valence electrons. The molecule has 0 saturated heterocycles. The Bertz CT molecular complexity index is 733. The molecule has 0 aliphatic carbocycles. The molecule has 20 heavy (non-hydrogen) atoms. The molecule has 3 rings (SSSR count). The highest BCUT2D eigenvalue weighted by molar-refractivity contribution is 9.10. The topological polar surface area (TPSA) is 12.9 Å². The Morgan fingerprint density at radius 3 is 2.35 bits per heavy atom. The van der Waals surface area contributed by atoms with Crippen molar-refractivity contribution < 1.29 is 4.39 Å². The van der Waals surface area contributed by atoms with Crippen LogP contribution in [-0.4, -0.2) is 4.98 Å². The van der Waals surface area contributed by atoms with Crippen LogP contribution in [0.5, 0.6) is 0 Å². The first kappa shape index (κ1) is 13.9. The van der Waals surface area contributed by atoms with E-state index in [4.69, 9.17) is 0 Å². The van der Waals surface area contributed by atoms with Crippen LogP contribution in [-0.2, 0) is 0 Å². The van der Waals surface area contributed by atoms with Gasteiger partial charge in [0.1, 0.15) is 10.8 Å². The van der Waals surface area contributed by atoms with Crippen LogP contribution >= 0.6 is 43.2 Å². The van der Waals surface area contributed by atoms with Gasteiger partial charge in [0.2, 0.25) is 0 Å². The molecule has 0 spiro atoms. The van der Waals surface area contributed by atoms with Crippen LogP contribution in [0.1, 0.15) is 0 Å². The summed E-state index contributed by atoms with van der Waals surface area (Å²) in [5.41, 5.74) is 2.73. The third-order valence-corrected chi connectivity index (χ3v) is 4.63. The van der Waals surface area contributed by atoms with Gasteiger partial charge >= 0.3 is 0 Å². The first-order chi connectivity index (χ1) is 9.61. The van der Waals surface area contributed by atoms with Gasteiger partial charge < -0.3 is 0 Å². The van der Waals surface area contributed by atoms with Gasteiger partial charge in [0.25, 0.3) is 0 Å². The normalized spacial score (nSPS) is 10.8. The maximum atomic E-state index is 13.4. The summed E-state index contributed by atoms with van der Waals surface area (Å²) in [6.45, 7) is 0. The molecule has 0 fully saturated rings. The van der Waals surface area contributed by atoms with E-state index in [1.165, 1.54) is 23.5 Å². The second-order valence-corrected chi connectivity index (χ2v) is 6.89. The van der Waals surface area contributed by atoms with Gasteiger partial charge in [-0.05, 0) is 30.3 Å². The van der Waals surface area contributed by atoms with Gasteiger partial charge in [0.05, 0.1) is 5.69 Å². The van der Waals surface area contributed by atoms with Gasteiger partial charge in [-0.15, -0.1) is 11.3 Å². The standard InChI is InChI=1S/C15H8Br2FNS/c16-11-3-1-9(2-4-11)14-8-20-15(19-14)10-5-12(17)7-13(18)6-10/h1-8H. The lowest BCUT2D eigenvalue weighted by Crippen LogP contribution is -1.82. The van der Waals surface area contributed by atoms with Gasteiger partial charge in [-0.2, -0.15) is 0 Å². The van der Waals surface area contributed by atoms with Crippen LogP contribution in [0.2, 0.25) is 0 Å². The maximum Gasteiger partial charge on any atom is 0.125 e. The predicted molar refractivity (Wildman–Crippen MR) is 88.3 cm³/mol. The highest BCUT2D eigenvalue weighted by Crippen LogP contribution is 2.31. The van der Waals surface area contributed by atoms with Crippen molar-refractivity contribution in [3.8, 4) is 21.8 Å². The summed E-state index contributed by atoms with van der Waals surface area (Å²) >= 11 is 8.22. The summed E-state index contributed by atoms with van der Waals surface area (Å²) in [6, 6.07) is 12.8. The molecule has 0 bridgehead atoms. The number of aromatic nitrogens is 1. The van der Waals surface area contributed by atoms with Crippen LogP contribution in [0.15, 0.2) is 56.8 Å². The fourth-order valence-electron chi connectivity index (χ4n) is 1.84. The number of rotatable bonds is 2. The lowest BCUT2D eigenvalue weighted by atomic mass is 10.2. The van der Waals surface area contributed by atoms with Crippen molar-refractivity contribution in [2.45, 2.75) is 0 Å². The monoisotopic (exact) mass is 411 g/mol. The van der Waals surface area contributed by atoms with Crippen molar-refractivity contribution in [2.75, 3.05) is 0 Å². The van der Waals surface area contributed by atoms with Crippen LogP contribution in [0.25, 0.3) is 21.8 Å². The van der Waals surface area contributed by atoms with Crippen LogP contribution < -0.4 is 0 Å². The van der Waals surface area contributed by atoms with Crippen molar-refractivity contribution in [3.05, 3.63) is 62.6 Å². The van der Waals surface area contributed by atoms with Crippen molar-refractivity contribution in [1.82, 2.24) is 4.98 Å². The van der Waals surface area contributed by atoms with Crippen LogP contribution in [0.4, 0.5) is 4.39 Å². The highest BCUT2D eigenvalue weighted by Gasteiger charge is 2.08. The Morgan fingerprint density at radius 1 is 0.900 bits per heavy atom. The molecule has 0 amide bonds. The lowest BCUT2D eigenvalue weighted by Gasteiger charge is -1.99. The number of thiazole rings is 1. The van der Waals surface area contributed by atoms with E-state index < -0.39 is 0 Å². The van der Waals surface area contributed by atoms with E-state index in [0.29, 0.717) is 4.47 Å². The first-order valence-electron chi connectivity index (χ1n) is 5.80. The number of hydrogen-bond acceptors (Lipinski definition) is 2. The lowest BCUT2D eigenvalue weighted by molar-refractivity contribution is 0.627. The van der Waals surface area contributed by atoms with E-state index in [0.717, 1.165) is 26.3 Å². The highest BCUT2D eigenvalue weighted by atomic mass is 79.9. The quantitative estimate of drug-likeness (QED) is 0.492. The van der Waals surface area contributed by atoms with Gasteiger partial charge in [-0.25, -0.2) is 9.37 Å². The van der Waals surface area contributed by atoms with Crippen molar-refractivity contribution in [1.29, 1.82) is 0 Å². The molecule has 0 aliphatic heterocycles. The van der Waals surface area contributed by atoms with Crippen LogP contribution in [0, 0.1) is 5.82 Å². The summed E-state index contributed by atoms with van der Waals surface area (Å²) in [4.78, 5) is 4.58. The fraction of sp³-hybridized carbons (Fsp3) is 0. The Labute approximate surface area is 136 Å². The van der Waals surface area contributed by atoms with Crippen molar-refractivity contribution in [2.24, 2.45) is 0 Å². The number of halogens is 3. The zero-order chi connectivity index (χ0) is 14.1. The minimum Gasteiger partial charge on any atom is -0.236 e. The Balaban J connectivity index is 1.99. The number of nitrogens with zero attached hydrogens (tertiary/aromatic N) is 1. The van der Waals surface area contributed by atoms with Gasteiger partial charge in [-0.3, -0.25) is 0 Å². The molecular weight excluding hydrogens is 405 g/mol. The molecule has 0 aliphatic rings. The second-order valence-electron chi connectivity index (χ2n) is 4.20. The molecule has 2 aromatic carbocycles. The zero-order valence-electron chi connectivity index (χ0n) is 10.1. The third-order valence-electron chi connectivity index (χ3n) is 2.75.